The second kappa shape index (κ2) is 10.9. The van der Waals surface area contributed by atoms with E-state index in [1.165, 1.54) is 7.11 Å². The summed E-state index contributed by atoms with van der Waals surface area (Å²) in [5.74, 6) is -1.62. The number of hydrogen-bond acceptors (Lipinski definition) is 6. The van der Waals surface area contributed by atoms with Crippen LogP contribution in [0.1, 0.15) is 29.9 Å². The summed E-state index contributed by atoms with van der Waals surface area (Å²) in [6.07, 6.45) is -0.141. The fourth-order valence-corrected chi connectivity index (χ4v) is 4.74. The summed E-state index contributed by atoms with van der Waals surface area (Å²) >= 11 is 0. The van der Waals surface area contributed by atoms with E-state index in [0.29, 0.717) is 26.1 Å². The lowest BCUT2D eigenvalue weighted by Crippen LogP contribution is -2.53. The van der Waals surface area contributed by atoms with Crippen molar-refractivity contribution in [1.29, 1.82) is 0 Å². The Kier molecular flexibility index (Phi) is 7.67. The van der Waals surface area contributed by atoms with Gasteiger partial charge in [-0.05, 0) is 35.1 Å². The molecule has 2 aromatic rings. The predicted molar refractivity (Wildman–Crippen MR) is 127 cm³/mol. The summed E-state index contributed by atoms with van der Waals surface area (Å²) in [5.41, 5.74) is 3.32. The van der Waals surface area contributed by atoms with Gasteiger partial charge in [-0.3, -0.25) is 9.59 Å². The van der Waals surface area contributed by atoms with E-state index in [1.54, 1.807) is 0 Å². The third kappa shape index (κ3) is 5.31. The quantitative estimate of drug-likeness (QED) is 0.502. The number of rotatable bonds is 9. The van der Waals surface area contributed by atoms with E-state index in [2.05, 4.69) is 22.8 Å². The number of carboxylic acids is 1. The van der Waals surface area contributed by atoms with Gasteiger partial charge in [0.1, 0.15) is 12.6 Å². The molecule has 9 nitrogen and oxygen atoms in total. The van der Waals surface area contributed by atoms with Crippen molar-refractivity contribution in [2.24, 2.45) is 5.41 Å². The highest BCUT2D eigenvalue weighted by atomic mass is 16.5. The Labute approximate surface area is 203 Å². The van der Waals surface area contributed by atoms with Gasteiger partial charge in [0.2, 0.25) is 5.91 Å². The Bertz CT molecular complexity index is 1040. The van der Waals surface area contributed by atoms with Crippen LogP contribution in [-0.2, 0) is 23.8 Å². The van der Waals surface area contributed by atoms with Gasteiger partial charge in [-0.15, -0.1) is 0 Å². The maximum atomic E-state index is 12.8. The SMILES string of the molecule is COC[C@H](NC(=O)OCC1c2ccccc2-c2ccccc21)C(=O)NCC1(C(=O)O)CCOCC1. The number of fused-ring (bicyclic) bond motifs is 3. The molecule has 2 aromatic carbocycles. The summed E-state index contributed by atoms with van der Waals surface area (Å²) in [6.45, 7) is 0.614. The zero-order valence-corrected chi connectivity index (χ0v) is 19.6. The van der Waals surface area contributed by atoms with Crippen LogP contribution in [0.2, 0.25) is 0 Å². The average Bonchev–Trinajstić information content (AvgIpc) is 3.20. The van der Waals surface area contributed by atoms with Gasteiger partial charge in [0.05, 0.1) is 12.0 Å². The molecule has 1 fully saturated rings. The molecule has 186 valence electrons. The largest absolute Gasteiger partial charge is 0.481 e. The normalized spacial score (nSPS) is 17.1. The standard InChI is InChI=1S/C26H30N2O7/c1-33-15-22(23(29)27-16-26(24(30)31)10-12-34-13-11-26)28-25(32)35-14-21-19-8-4-2-6-17(19)18-7-3-5-9-20(18)21/h2-9,21-22H,10-16H2,1H3,(H,27,29)(H,28,32)(H,30,31)/t22-/m0/s1. The van der Waals surface area contributed by atoms with E-state index in [4.69, 9.17) is 14.2 Å². The van der Waals surface area contributed by atoms with Gasteiger partial charge in [0.15, 0.2) is 0 Å². The van der Waals surface area contributed by atoms with E-state index in [0.717, 1.165) is 22.3 Å². The number of alkyl carbamates (subject to hydrolysis) is 1. The van der Waals surface area contributed by atoms with Gasteiger partial charge in [-0.2, -0.15) is 0 Å². The number of carbonyl (C=O) groups is 3. The molecule has 1 saturated heterocycles. The van der Waals surface area contributed by atoms with E-state index in [9.17, 15) is 19.5 Å². The molecule has 0 aromatic heterocycles. The molecule has 1 heterocycles. The molecule has 0 unspecified atom stereocenters. The van der Waals surface area contributed by atoms with Gasteiger partial charge in [-0.1, -0.05) is 48.5 Å². The van der Waals surface area contributed by atoms with Crippen LogP contribution >= 0.6 is 0 Å². The lowest BCUT2D eigenvalue weighted by molar-refractivity contribution is -0.154. The minimum atomic E-state index is -1.09. The summed E-state index contributed by atoms with van der Waals surface area (Å²) in [4.78, 5) is 37.2. The van der Waals surface area contributed by atoms with Gasteiger partial charge in [-0.25, -0.2) is 4.79 Å². The second-order valence-corrected chi connectivity index (χ2v) is 8.89. The van der Waals surface area contributed by atoms with Gasteiger partial charge in [0.25, 0.3) is 0 Å². The Morgan fingerprint density at radius 3 is 2.23 bits per heavy atom. The fourth-order valence-electron chi connectivity index (χ4n) is 4.74. The molecule has 0 saturated carbocycles. The predicted octanol–water partition coefficient (Wildman–Crippen LogP) is 2.54. The van der Waals surface area contributed by atoms with E-state index >= 15 is 0 Å². The molecular formula is C26H30N2O7. The van der Waals surface area contributed by atoms with Gasteiger partial charge >= 0.3 is 12.1 Å². The average molecular weight is 483 g/mol. The molecule has 3 N–H and O–H groups in total. The number of amides is 2. The zero-order valence-electron chi connectivity index (χ0n) is 19.6. The number of carbonyl (C=O) groups excluding carboxylic acids is 2. The number of methoxy groups -OCH3 is 1. The van der Waals surface area contributed by atoms with Crippen molar-refractivity contribution < 1.29 is 33.7 Å². The van der Waals surface area contributed by atoms with Crippen LogP contribution in [-0.4, -0.2) is 69.2 Å². The molecule has 2 aliphatic rings. The molecule has 35 heavy (non-hydrogen) atoms. The summed E-state index contributed by atoms with van der Waals surface area (Å²) in [6, 6.07) is 15.0. The molecule has 1 aliphatic carbocycles. The van der Waals surface area contributed by atoms with Gasteiger partial charge in [0, 0.05) is 32.8 Å². The minimum Gasteiger partial charge on any atom is -0.481 e. The Morgan fingerprint density at radius 2 is 1.66 bits per heavy atom. The highest BCUT2D eigenvalue weighted by Gasteiger charge is 2.41. The molecular weight excluding hydrogens is 452 g/mol. The summed E-state index contributed by atoms with van der Waals surface area (Å²) in [7, 11) is 1.41. The van der Waals surface area contributed by atoms with Gasteiger partial charge < -0.3 is 30.0 Å². The van der Waals surface area contributed by atoms with Crippen molar-refractivity contribution in [3.63, 3.8) is 0 Å². The van der Waals surface area contributed by atoms with Crippen LogP contribution in [0.4, 0.5) is 4.79 Å². The molecule has 2 amide bonds. The highest BCUT2D eigenvalue weighted by Crippen LogP contribution is 2.44. The highest BCUT2D eigenvalue weighted by molar-refractivity contribution is 5.86. The first kappa shape index (κ1) is 24.7. The zero-order chi connectivity index (χ0) is 24.8. The lowest BCUT2D eigenvalue weighted by Gasteiger charge is -2.33. The van der Waals surface area contributed by atoms with E-state index < -0.39 is 29.4 Å². The van der Waals surface area contributed by atoms with Crippen LogP contribution in [0, 0.1) is 5.41 Å². The third-order valence-corrected chi connectivity index (χ3v) is 6.79. The number of nitrogens with one attached hydrogen (secondary N) is 2. The number of benzene rings is 2. The smallest absolute Gasteiger partial charge is 0.407 e. The Hall–Kier alpha value is -3.43. The van der Waals surface area contributed by atoms with Crippen molar-refractivity contribution in [2.45, 2.75) is 24.8 Å². The summed E-state index contributed by atoms with van der Waals surface area (Å²) < 4.78 is 15.9. The van der Waals surface area contributed by atoms with E-state index in [1.807, 2.05) is 36.4 Å². The topological polar surface area (TPSA) is 123 Å². The molecule has 0 radical (unpaired) electrons. The third-order valence-electron chi connectivity index (χ3n) is 6.79. The van der Waals surface area contributed by atoms with Crippen molar-refractivity contribution in [2.75, 3.05) is 40.1 Å². The monoisotopic (exact) mass is 482 g/mol. The number of aliphatic carboxylic acids is 1. The van der Waals surface area contributed by atoms with Crippen molar-refractivity contribution in [1.82, 2.24) is 10.6 Å². The second-order valence-electron chi connectivity index (χ2n) is 8.89. The van der Waals surface area contributed by atoms with Crippen molar-refractivity contribution >= 4 is 18.0 Å². The fraction of sp³-hybridized carbons (Fsp3) is 0.423. The van der Waals surface area contributed by atoms with Crippen LogP contribution < -0.4 is 10.6 Å². The maximum Gasteiger partial charge on any atom is 0.407 e. The molecule has 0 spiro atoms. The number of hydrogen-bond donors (Lipinski definition) is 3. The maximum absolute atomic E-state index is 12.8. The molecule has 4 rings (SSSR count). The van der Waals surface area contributed by atoms with Crippen molar-refractivity contribution in [3.8, 4) is 11.1 Å². The first-order chi connectivity index (χ1) is 16.9. The van der Waals surface area contributed by atoms with Crippen LogP contribution in [0.25, 0.3) is 11.1 Å². The van der Waals surface area contributed by atoms with Crippen LogP contribution in [0.3, 0.4) is 0 Å². The van der Waals surface area contributed by atoms with E-state index in [-0.39, 0.29) is 25.7 Å². The summed E-state index contributed by atoms with van der Waals surface area (Å²) in [5, 5.41) is 14.9. The lowest BCUT2D eigenvalue weighted by atomic mass is 9.80. The Morgan fingerprint density at radius 1 is 1.06 bits per heavy atom. The molecule has 0 bridgehead atoms. The first-order valence-corrected chi connectivity index (χ1v) is 11.6. The number of ether oxygens (including phenoxy) is 3. The molecule has 9 heteroatoms. The molecule has 1 atom stereocenters. The minimum absolute atomic E-state index is 0.0584. The number of carboxylic acid groups (broad SMARTS) is 1. The Balaban J connectivity index is 1.36. The van der Waals surface area contributed by atoms with Crippen LogP contribution in [0.5, 0.6) is 0 Å². The van der Waals surface area contributed by atoms with Crippen LogP contribution in [0.15, 0.2) is 48.5 Å². The van der Waals surface area contributed by atoms with Crippen molar-refractivity contribution in [3.05, 3.63) is 59.7 Å². The molecule has 1 aliphatic heterocycles. The first-order valence-electron chi connectivity index (χ1n) is 11.6.